The molecule has 1 unspecified atom stereocenters. The molecule has 0 spiro atoms. The first-order valence-corrected chi connectivity index (χ1v) is 8.17. The van der Waals surface area contributed by atoms with Crippen LogP contribution in [0.1, 0.15) is 32.3 Å². The molecule has 108 valence electrons. The van der Waals surface area contributed by atoms with Crippen molar-refractivity contribution in [3.63, 3.8) is 0 Å². The largest absolute Gasteiger partial charge is 0.399 e. The highest BCUT2D eigenvalue weighted by molar-refractivity contribution is 7.53. The van der Waals surface area contributed by atoms with E-state index in [2.05, 4.69) is 0 Å². The summed E-state index contributed by atoms with van der Waals surface area (Å²) in [6.45, 7) is 6.27. The maximum atomic E-state index is 12.5. The lowest BCUT2D eigenvalue weighted by atomic mass is 10.0. The minimum Gasteiger partial charge on any atom is -0.399 e. The van der Waals surface area contributed by atoms with Gasteiger partial charge in [0.05, 0.1) is 19.4 Å². The number of anilines is 2. The first-order chi connectivity index (χ1) is 8.91. The number of nitrogen functional groups attached to an aromatic ring is 2. The summed E-state index contributed by atoms with van der Waals surface area (Å²) in [5.74, 6) is -0.0236. The molecule has 6 heteroatoms. The van der Waals surface area contributed by atoms with Gasteiger partial charge in [-0.25, -0.2) is 0 Å². The van der Waals surface area contributed by atoms with E-state index in [0.29, 0.717) is 30.8 Å². The Labute approximate surface area is 114 Å². The molecule has 0 saturated carbocycles. The van der Waals surface area contributed by atoms with Crippen molar-refractivity contribution in [2.75, 3.05) is 30.8 Å². The standard InChI is InChI=1S/C13H23N2O3P/c1-4-17-19(16,18-5-2)9-10(3)12-7-6-11(14)8-13(12)15/h6-8,10H,4-5,9,14-15H2,1-3H3. The zero-order valence-electron chi connectivity index (χ0n) is 11.8. The predicted octanol–water partition coefficient (Wildman–Crippen LogP) is 3.22. The average Bonchev–Trinajstić information content (AvgIpc) is 2.28. The lowest BCUT2D eigenvalue weighted by Crippen LogP contribution is -2.08. The summed E-state index contributed by atoms with van der Waals surface area (Å²) in [7, 11) is -3.06. The van der Waals surface area contributed by atoms with Crippen molar-refractivity contribution in [3.8, 4) is 0 Å². The first kappa shape index (κ1) is 16.0. The van der Waals surface area contributed by atoms with Crippen LogP contribution in [-0.2, 0) is 13.6 Å². The Morgan fingerprint density at radius 3 is 2.26 bits per heavy atom. The van der Waals surface area contributed by atoms with E-state index in [1.807, 2.05) is 13.0 Å². The van der Waals surface area contributed by atoms with Crippen LogP contribution in [0.2, 0.25) is 0 Å². The van der Waals surface area contributed by atoms with E-state index in [-0.39, 0.29) is 5.92 Å². The first-order valence-electron chi connectivity index (χ1n) is 6.45. The zero-order valence-corrected chi connectivity index (χ0v) is 12.7. The molecule has 0 aromatic heterocycles. The molecule has 4 N–H and O–H groups in total. The summed E-state index contributed by atoms with van der Waals surface area (Å²) in [4.78, 5) is 0. The minimum absolute atomic E-state index is 0.0236. The molecule has 0 radical (unpaired) electrons. The van der Waals surface area contributed by atoms with E-state index in [1.165, 1.54) is 0 Å². The van der Waals surface area contributed by atoms with Crippen molar-refractivity contribution >= 4 is 19.0 Å². The van der Waals surface area contributed by atoms with Gasteiger partial charge >= 0.3 is 7.60 Å². The van der Waals surface area contributed by atoms with Gasteiger partial charge in [0, 0.05) is 11.4 Å². The van der Waals surface area contributed by atoms with Gasteiger partial charge in [0.15, 0.2) is 0 Å². The van der Waals surface area contributed by atoms with Gasteiger partial charge in [0.1, 0.15) is 0 Å². The van der Waals surface area contributed by atoms with Crippen molar-refractivity contribution in [1.82, 2.24) is 0 Å². The Balaban J connectivity index is 2.87. The molecule has 1 rings (SSSR count). The van der Waals surface area contributed by atoms with Gasteiger partial charge in [0.2, 0.25) is 0 Å². The normalized spacial score (nSPS) is 13.4. The number of rotatable bonds is 7. The van der Waals surface area contributed by atoms with Crippen LogP contribution in [0, 0.1) is 0 Å². The summed E-state index contributed by atoms with van der Waals surface area (Å²) in [5, 5.41) is 0. The lowest BCUT2D eigenvalue weighted by Gasteiger charge is -2.21. The predicted molar refractivity (Wildman–Crippen MR) is 79.4 cm³/mol. The zero-order chi connectivity index (χ0) is 14.5. The highest BCUT2D eigenvalue weighted by atomic mass is 31.2. The van der Waals surface area contributed by atoms with Gasteiger partial charge in [0.25, 0.3) is 0 Å². The fraction of sp³-hybridized carbons (Fsp3) is 0.538. The maximum absolute atomic E-state index is 12.5. The number of benzene rings is 1. The molecular weight excluding hydrogens is 263 g/mol. The van der Waals surface area contributed by atoms with Gasteiger partial charge in [-0.1, -0.05) is 13.0 Å². The highest BCUT2D eigenvalue weighted by Gasteiger charge is 2.27. The SMILES string of the molecule is CCOP(=O)(CC(C)c1ccc(N)cc1N)OCC. The summed E-state index contributed by atoms with van der Waals surface area (Å²) >= 11 is 0. The third-order valence-electron chi connectivity index (χ3n) is 2.79. The monoisotopic (exact) mass is 286 g/mol. The van der Waals surface area contributed by atoms with Crippen LogP contribution in [0.15, 0.2) is 18.2 Å². The van der Waals surface area contributed by atoms with E-state index in [0.717, 1.165) is 5.56 Å². The fourth-order valence-electron chi connectivity index (χ4n) is 2.01. The topological polar surface area (TPSA) is 87.6 Å². The van der Waals surface area contributed by atoms with Crippen LogP contribution in [-0.4, -0.2) is 19.4 Å². The van der Waals surface area contributed by atoms with E-state index in [9.17, 15) is 4.57 Å². The van der Waals surface area contributed by atoms with Gasteiger partial charge in [-0.05, 0) is 37.5 Å². The highest BCUT2D eigenvalue weighted by Crippen LogP contribution is 2.51. The van der Waals surface area contributed by atoms with E-state index in [4.69, 9.17) is 20.5 Å². The van der Waals surface area contributed by atoms with Crippen molar-refractivity contribution in [2.24, 2.45) is 0 Å². The molecule has 0 saturated heterocycles. The molecule has 0 aliphatic carbocycles. The number of nitrogens with two attached hydrogens (primary N) is 2. The van der Waals surface area contributed by atoms with E-state index >= 15 is 0 Å². The molecule has 0 fully saturated rings. The summed E-state index contributed by atoms with van der Waals surface area (Å²) in [5.41, 5.74) is 13.7. The quantitative estimate of drug-likeness (QED) is 0.593. The summed E-state index contributed by atoms with van der Waals surface area (Å²) in [6, 6.07) is 5.35. The Bertz CT molecular complexity index is 455. The molecule has 5 nitrogen and oxygen atoms in total. The average molecular weight is 286 g/mol. The lowest BCUT2D eigenvalue weighted by molar-refractivity contribution is 0.219. The second-order valence-corrected chi connectivity index (χ2v) is 6.52. The molecule has 0 aliphatic heterocycles. The molecule has 1 atom stereocenters. The van der Waals surface area contributed by atoms with Crippen LogP contribution in [0.5, 0.6) is 0 Å². The van der Waals surface area contributed by atoms with Gasteiger partial charge in [-0.2, -0.15) is 0 Å². The van der Waals surface area contributed by atoms with Crippen LogP contribution in [0.4, 0.5) is 11.4 Å². The maximum Gasteiger partial charge on any atom is 0.331 e. The number of hydrogen-bond donors (Lipinski definition) is 2. The number of hydrogen-bond acceptors (Lipinski definition) is 5. The summed E-state index contributed by atoms with van der Waals surface area (Å²) < 4.78 is 23.1. The second kappa shape index (κ2) is 6.94. The van der Waals surface area contributed by atoms with Crippen molar-refractivity contribution in [2.45, 2.75) is 26.7 Å². The summed E-state index contributed by atoms with van der Waals surface area (Å²) in [6.07, 6.45) is 0.308. The van der Waals surface area contributed by atoms with Crippen molar-refractivity contribution in [3.05, 3.63) is 23.8 Å². The molecule has 0 amide bonds. The van der Waals surface area contributed by atoms with Crippen LogP contribution in [0.25, 0.3) is 0 Å². The van der Waals surface area contributed by atoms with Crippen LogP contribution in [0.3, 0.4) is 0 Å². The van der Waals surface area contributed by atoms with Gasteiger partial charge in [-0.15, -0.1) is 0 Å². The van der Waals surface area contributed by atoms with Crippen molar-refractivity contribution in [1.29, 1.82) is 0 Å². The van der Waals surface area contributed by atoms with E-state index in [1.54, 1.807) is 26.0 Å². The third-order valence-corrected chi connectivity index (χ3v) is 5.09. The second-order valence-electron chi connectivity index (χ2n) is 4.42. The molecule has 19 heavy (non-hydrogen) atoms. The molecule has 0 bridgehead atoms. The van der Waals surface area contributed by atoms with Gasteiger partial charge in [-0.3, -0.25) is 4.57 Å². The Morgan fingerprint density at radius 2 is 1.79 bits per heavy atom. The Hall–Kier alpha value is -1.03. The third kappa shape index (κ3) is 4.53. The molecule has 1 aromatic carbocycles. The van der Waals surface area contributed by atoms with E-state index < -0.39 is 7.60 Å². The molecule has 0 aliphatic rings. The van der Waals surface area contributed by atoms with Gasteiger partial charge < -0.3 is 20.5 Å². The Kier molecular flexibility index (Phi) is 5.85. The Morgan fingerprint density at radius 1 is 1.21 bits per heavy atom. The van der Waals surface area contributed by atoms with Crippen LogP contribution < -0.4 is 11.5 Å². The van der Waals surface area contributed by atoms with Crippen molar-refractivity contribution < 1.29 is 13.6 Å². The molecular formula is C13H23N2O3P. The smallest absolute Gasteiger partial charge is 0.331 e. The molecule has 1 aromatic rings. The van der Waals surface area contributed by atoms with Crippen LogP contribution >= 0.6 is 7.60 Å². The fourth-order valence-corrected chi connectivity index (χ4v) is 3.95. The minimum atomic E-state index is -3.06. The molecule has 0 heterocycles.